The van der Waals surface area contributed by atoms with Gasteiger partial charge in [-0.15, -0.1) is 0 Å². The molecule has 0 bridgehead atoms. The highest BCUT2D eigenvalue weighted by Gasteiger charge is 2.57. The van der Waals surface area contributed by atoms with E-state index >= 15 is 0 Å². The SMILES string of the molecule is CC(C)(C)OC(=O)Nc1cc2c(cc1F)N(C1CC1)C(=O)C21CCC1. The third kappa shape index (κ3) is 2.58. The van der Waals surface area contributed by atoms with E-state index in [0.29, 0.717) is 5.69 Å². The number of benzene rings is 1. The fraction of sp³-hybridized carbons (Fsp3) is 0.579. The van der Waals surface area contributed by atoms with Crippen LogP contribution >= 0.6 is 0 Å². The molecule has 5 nitrogen and oxygen atoms in total. The first kappa shape index (κ1) is 16.4. The van der Waals surface area contributed by atoms with E-state index in [1.165, 1.54) is 6.07 Å². The second kappa shape index (κ2) is 5.19. The number of anilines is 2. The molecule has 4 rings (SSSR count). The molecule has 1 spiro atoms. The molecule has 134 valence electrons. The molecule has 1 aromatic carbocycles. The van der Waals surface area contributed by atoms with Gasteiger partial charge in [0.25, 0.3) is 0 Å². The van der Waals surface area contributed by atoms with E-state index in [1.54, 1.807) is 31.7 Å². The maximum absolute atomic E-state index is 14.6. The average molecular weight is 346 g/mol. The maximum atomic E-state index is 14.6. The Labute approximate surface area is 146 Å². The molecule has 2 aliphatic carbocycles. The summed E-state index contributed by atoms with van der Waals surface area (Å²) in [6.07, 6.45) is 3.83. The number of ether oxygens (including phenoxy) is 1. The van der Waals surface area contributed by atoms with Gasteiger partial charge < -0.3 is 9.64 Å². The summed E-state index contributed by atoms with van der Waals surface area (Å²) in [6, 6.07) is 3.23. The smallest absolute Gasteiger partial charge is 0.412 e. The van der Waals surface area contributed by atoms with Crippen molar-refractivity contribution in [1.82, 2.24) is 0 Å². The van der Waals surface area contributed by atoms with E-state index in [4.69, 9.17) is 4.74 Å². The van der Waals surface area contributed by atoms with E-state index in [-0.39, 0.29) is 17.6 Å². The summed E-state index contributed by atoms with van der Waals surface area (Å²) in [5, 5.41) is 2.49. The number of fused-ring (bicyclic) bond motifs is 2. The molecule has 0 saturated heterocycles. The van der Waals surface area contributed by atoms with Crippen LogP contribution in [0.1, 0.15) is 58.4 Å². The molecular formula is C19H23FN2O3. The van der Waals surface area contributed by atoms with Crippen molar-refractivity contribution < 1.29 is 18.7 Å². The fourth-order valence-corrected chi connectivity index (χ4v) is 3.82. The van der Waals surface area contributed by atoms with Crippen molar-refractivity contribution in [3.8, 4) is 0 Å². The minimum atomic E-state index is -0.697. The van der Waals surface area contributed by atoms with Crippen LogP contribution in [0.5, 0.6) is 0 Å². The van der Waals surface area contributed by atoms with Crippen molar-refractivity contribution in [2.75, 3.05) is 10.2 Å². The van der Waals surface area contributed by atoms with Crippen LogP contribution in [0.4, 0.5) is 20.6 Å². The third-order valence-electron chi connectivity index (χ3n) is 5.24. The Morgan fingerprint density at radius 3 is 2.52 bits per heavy atom. The first-order chi connectivity index (χ1) is 11.7. The molecule has 0 radical (unpaired) electrons. The molecule has 1 aromatic rings. The number of amides is 2. The van der Waals surface area contributed by atoms with Crippen LogP contribution < -0.4 is 10.2 Å². The van der Waals surface area contributed by atoms with E-state index in [1.807, 2.05) is 0 Å². The number of rotatable bonds is 2. The van der Waals surface area contributed by atoms with Crippen molar-refractivity contribution in [3.05, 3.63) is 23.5 Å². The van der Waals surface area contributed by atoms with Crippen LogP contribution in [0, 0.1) is 5.82 Å². The zero-order chi connectivity index (χ0) is 18.0. The molecule has 1 N–H and O–H groups in total. The maximum Gasteiger partial charge on any atom is 0.412 e. The van der Waals surface area contributed by atoms with E-state index in [2.05, 4.69) is 5.32 Å². The van der Waals surface area contributed by atoms with Gasteiger partial charge >= 0.3 is 6.09 Å². The van der Waals surface area contributed by atoms with Crippen LogP contribution in [0.15, 0.2) is 12.1 Å². The zero-order valence-corrected chi connectivity index (χ0v) is 14.8. The molecule has 2 fully saturated rings. The minimum Gasteiger partial charge on any atom is -0.444 e. The lowest BCUT2D eigenvalue weighted by Crippen LogP contribution is -2.45. The van der Waals surface area contributed by atoms with Crippen LogP contribution in [0.2, 0.25) is 0 Å². The highest BCUT2D eigenvalue weighted by atomic mass is 19.1. The first-order valence-corrected chi connectivity index (χ1v) is 8.89. The van der Waals surface area contributed by atoms with Crippen LogP contribution in [0.3, 0.4) is 0 Å². The van der Waals surface area contributed by atoms with Crippen LogP contribution in [-0.2, 0) is 14.9 Å². The third-order valence-corrected chi connectivity index (χ3v) is 5.24. The van der Waals surface area contributed by atoms with Gasteiger partial charge in [0.15, 0.2) is 0 Å². The Hall–Kier alpha value is -2.11. The van der Waals surface area contributed by atoms with Gasteiger partial charge in [-0.25, -0.2) is 9.18 Å². The number of carbonyl (C=O) groups is 2. The summed E-state index contributed by atoms with van der Waals surface area (Å²) in [4.78, 5) is 26.8. The highest BCUT2D eigenvalue weighted by Crippen LogP contribution is 2.56. The molecule has 0 aromatic heterocycles. The zero-order valence-electron chi connectivity index (χ0n) is 14.8. The number of halogens is 1. The van der Waals surface area contributed by atoms with Crippen molar-refractivity contribution in [3.63, 3.8) is 0 Å². The Morgan fingerprint density at radius 2 is 2.00 bits per heavy atom. The number of nitrogens with zero attached hydrogens (tertiary/aromatic N) is 1. The molecule has 2 amide bonds. The van der Waals surface area contributed by atoms with E-state index in [9.17, 15) is 14.0 Å². The van der Waals surface area contributed by atoms with Gasteiger partial charge in [-0.05, 0) is 58.1 Å². The summed E-state index contributed by atoms with van der Waals surface area (Å²) >= 11 is 0. The number of hydrogen-bond acceptors (Lipinski definition) is 3. The minimum absolute atomic E-state index is 0.0738. The predicted octanol–water partition coefficient (Wildman–Crippen LogP) is 4.10. The molecule has 1 aliphatic heterocycles. The standard InChI is InChI=1S/C19H23FN2O3/c1-18(2,3)25-17(24)21-14-9-12-15(10-13(14)20)22(11-5-6-11)16(23)19(12)7-4-8-19/h9-11H,4-8H2,1-3H3,(H,21,24). The van der Waals surface area contributed by atoms with Gasteiger partial charge in [-0.3, -0.25) is 10.1 Å². The number of hydrogen-bond donors (Lipinski definition) is 1. The predicted molar refractivity (Wildman–Crippen MR) is 92.3 cm³/mol. The largest absolute Gasteiger partial charge is 0.444 e. The molecule has 0 unspecified atom stereocenters. The molecule has 3 aliphatic rings. The Balaban J connectivity index is 1.69. The molecular weight excluding hydrogens is 323 g/mol. The van der Waals surface area contributed by atoms with E-state index in [0.717, 1.165) is 37.7 Å². The summed E-state index contributed by atoms with van der Waals surface area (Å²) in [7, 11) is 0. The van der Waals surface area contributed by atoms with Crippen molar-refractivity contribution >= 4 is 23.4 Å². The lowest BCUT2D eigenvalue weighted by molar-refractivity contribution is -0.126. The topological polar surface area (TPSA) is 58.6 Å². The lowest BCUT2D eigenvalue weighted by Gasteiger charge is -2.37. The molecule has 6 heteroatoms. The highest BCUT2D eigenvalue weighted by molar-refractivity contribution is 6.10. The van der Waals surface area contributed by atoms with E-state index < -0.39 is 22.9 Å². The Bertz CT molecular complexity index is 761. The first-order valence-electron chi connectivity index (χ1n) is 8.89. The monoisotopic (exact) mass is 346 g/mol. The molecule has 25 heavy (non-hydrogen) atoms. The second-order valence-electron chi connectivity index (χ2n) is 8.32. The van der Waals surface area contributed by atoms with Gasteiger partial charge in [-0.1, -0.05) is 6.42 Å². The van der Waals surface area contributed by atoms with Crippen molar-refractivity contribution in [2.24, 2.45) is 0 Å². The summed E-state index contributed by atoms with van der Waals surface area (Å²) in [5.74, 6) is -0.440. The van der Waals surface area contributed by atoms with Gasteiger partial charge in [0.05, 0.1) is 16.8 Å². The summed E-state index contributed by atoms with van der Waals surface area (Å²) in [6.45, 7) is 5.25. The fourth-order valence-electron chi connectivity index (χ4n) is 3.82. The van der Waals surface area contributed by atoms with Gasteiger partial charge in [-0.2, -0.15) is 0 Å². The molecule has 2 saturated carbocycles. The van der Waals surface area contributed by atoms with Crippen LogP contribution in [0.25, 0.3) is 0 Å². The molecule has 0 atom stereocenters. The summed E-state index contributed by atoms with van der Waals surface area (Å²) < 4.78 is 19.8. The second-order valence-corrected chi connectivity index (χ2v) is 8.32. The molecule has 1 heterocycles. The number of nitrogens with one attached hydrogen (secondary N) is 1. The lowest BCUT2D eigenvalue weighted by atomic mass is 9.65. The normalized spacial score (nSPS) is 21.1. The Morgan fingerprint density at radius 1 is 1.32 bits per heavy atom. The van der Waals surface area contributed by atoms with Crippen LogP contribution in [-0.4, -0.2) is 23.6 Å². The average Bonchev–Trinajstić information content (AvgIpc) is 3.21. The quantitative estimate of drug-likeness (QED) is 0.877. The number of carbonyl (C=O) groups excluding carboxylic acids is 2. The van der Waals surface area contributed by atoms with Crippen molar-refractivity contribution in [2.45, 2.75) is 69.9 Å². The van der Waals surface area contributed by atoms with Gasteiger partial charge in [0.1, 0.15) is 11.4 Å². The van der Waals surface area contributed by atoms with Crippen molar-refractivity contribution in [1.29, 1.82) is 0 Å². The van der Waals surface area contributed by atoms with Gasteiger partial charge in [0.2, 0.25) is 5.91 Å². The Kier molecular flexibility index (Phi) is 3.40. The van der Waals surface area contributed by atoms with Gasteiger partial charge in [0, 0.05) is 12.1 Å². The summed E-state index contributed by atoms with van der Waals surface area (Å²) in [5.41, 5.74) is 0.425.